The molecular weight excluding hydrogens is 1800 g/mol. The number of carbonyl (C=O) groups excluding carboxylic acids is 1. The fourth-order valence-electron chi connectivity index (χ4n) is 11.5. The van der Waals surface area contributed by atoms with E-state index in [-0.39, 0.29) is 112 Å². The van der Waals surface area contributed by atoms with Gasteiger partial charge < -0.3 is 80.1 Å². The van der Waals surface area contributed by atoms with E-state index in [2.05, 4.69) is 35.2 Å². The monoisotopic (exact) mass is 1880 g/mol. The number of aromatic nitrogens is 9. The smallest absolute Gasteiger partial charge is 0.407 e. The summed E-state index contributed by atoms with van der Waals surface area (Å²) in [6.07, 6.45) is 3.26. The third-order valence-electron chi connectivity index (χ3n) is 16.0. The number of hydrogen-bond acceptors (Lipinski definition) is 19. The maximum Gasteiger partial charge on any atom is 0.407 e. The molecule has 12 atom stereocenters. The number of ether oxygens (including phenoxy) is 4. The minimum absolute atomic E-state index is 0. The molecule has 11 N–H and O–H groups in total. The Morgan fingerprint density at radius 1 is 0.489 bits per heavy atom. The molecule has 3 saturated carbocycles. The van der Waals surface area contributed by atoms with Gasteiger partial charge in [0.25, 0.3) is 0 Å². The predicted molar refractivity (Wildman–Crippen MR) is 315 cm³/mol. The van der Waals surface area contributed by atoms with Gasteiger partial charge in [-0.25, -0.2) is 34.7 Å². The van der Waals surface area contributed by atoms with E-state index in [1.54, 1.807) is 26.8 Å². The molecule has 26 heteroatoms. The Labute approximate surface area is 580 Å². The van der Waals surface area contributed by atoms with Gasteiger partial charge in [0.15, 0.2) is 0 Å². The molecule has 0 unspecified atom stereocenters. The van der Waals surface area contributed by atoms with E-state index in [0.717, 1.165) is 61.2 Å². The van der Waals surface area contributed by atoms with Crippen molar-refractivity contribution in [3.8, 4) is 17.2 Å². The molecule has 3 aliphatic carbocycles. The van der Waals surface area contributed by atoms with Crippen LogP contribution in [0.1, 0.15) is 91.9 Å². The Bertz CT molecular complexity index is 3620. The zero-order chi connectivity index (χ0) is 60.3. The fraction of sp³-hybridized carbons (Fsp3) is 0.403. The van der Waals surface area contributed by atoms with Gasteiger partial charge in [0.1, 0.15) is 114 Å². The maximum atomic E-state index is 12.0. The molecule has 0 aliphatic heterocycles. The van der Waals surface area contributed by atoms with Gasteiger partial charge in [-0.15, -0.1) is 0 Å². The van der Waals surface area contributed by atoms with Gasteiger partial charge >= 0.3 is 6.09 Å². The normalized spacial score (nSPS) is 23.8. The zero-order valence-corrected chi connectivity index (χ0v) is 62.2. The van der Waals surface area contributed by atoms with Crippen molar-refractivity contribution < 1.29 is 148 Å². The standard InChI is InChI=1S/C24H30N4O5.2C19H22N4O3.3U/c1-14-16-9-10-28(22(16)27-13-26-14)17-11-19(21(30)20(17)29)32-18-8-6-5-7-15(18)12-25-23(31)33-24(2,3)4;2*1-11-13-6-7-23(19(13)22-10-21-11)14-8-16(18(25)17(14)24)26-15-5-3-2-4-12(15)9-20;;;/h5-10,13,17,19-21,29-30H,11-12H2,1-4H3,(H,25,31);2*2-7,10,14,16-18,24-25H,8-9,20H2,1H3;;;/t17-,19+,20+,21-;2*14-,16+,17+,18-;;;/m010.../s1. The van der Waals surface area contributed by atoms with E-state index in [4.69, 9.17) is 30.4 Å². The van der Waals surface area contributed by atoms with Gasteiger partial charge in [0.2, 0.25) is 0 Å². The van der Waals surface area contributed by atoms with Crippen LogP contribution in [0.2, 0.25) is 0 Å². The number of aryl methyl sites for hydroxylation is 3. The van der Waals surface area contributed by atoms with Gasteiger partial charge in [0.05, 0.1) is 35.2 Å². The third-order valence-corrected chi connectivity index (χ3v) is 16.0. The minimum Gasteiger partial charge on any atom is -0.487 e. The van der Waals surface area contributed by atoms with Crippen LogP contribution in [0.5, 0.6) is 17.2 Å². The van der Waals surface area contributed by atoms with Crippen LogP contribution in [0, 0.1) is 114 Å². The number of nitrogens with one attached hydrogen (secondary N) is 1. The van der Waals surface area contributed by atoms with Crippen molar-refractivity contribution in [1.82, 2.24) is 48.9 Å². The van der Waals surface area contributed by atoms with Crippen LogP contribution in [0.15, 0.2) is 129 Å². The summed E-state index contributed by atoms with van der Waals surface area (Å²) in [6, 6.07) is 27.0. The SMILES string of the molecule is Cc1ncnc2c1ccn2[C@@H]1C[C@H](Oc2ccccc2CN)[C@@H](O)[C@H]1O.Cc1ncnc2c1ccn2[C@H]1C[C@@H](Oc2ccccc2CN)[C@H](O)[C@@H]1O.Cc1ncnc2c1ccn2[C@H]1C[C@@H](Oc2ccccc2CNC(=O)OC(C)(C)C)[C@H](O)[C@@H]1O.[U].[U].[U]. The number of fused-ring (bicyclic) bond motifs is 3. The largest absolute Gasteiger partial charge is 0.487 e. The van der Waals surface area contributed by atoms with Crippen molar-refractivity contribution in [1.29, 1.82) is 0 Å². The molecule has 3 fully saturated rings. The predicted octanol–water partition coefficient (Wildman–Crippen LogP) is 5.50. The third kappa shape index (κ3) is 15.5. The molecule has 12 rings (SSSR count). The number of amides is 1. The number of aliphatic hydroxyl groups is 6. The van der Waals surface area contributed by atoms with Crippen LogP contribution in [-0.4, -0.2) is 141 Å². The number of para-hydroxylation sites is 3. The topological polar surface area (TPSA) is 332 Å². The molecule has 1 amide bonds. The van der Waals surface area contributed by atoms with E-state index in [9.17, 15) is 35.4 Å². The minimum atomic E-state index is -1.08. The number of alkyl carbamates (subject to hydrolysis) is 1. The second-order valence-electron chi connectivity index (χ2n) is 22.7. The molecule has 9 aromatic rings. The summed E-state index contributed by atoms with van der Waals surface area (Å²) in [5.74, 6) is 1.81. The first kappa shape index (κ1) is 70.5. The van der Waals surface area contributed by atoms with Crippen molar-refractivity contribution in [2.45, 2.75) is 159 Å². The average molecular weight is 1880 g/mol. The van der Waals surface area contributed by atoms with Crippen molar-refractivity contribution in [3.05, 3.63) is 162 Å². The van der Waals surface area contributed by atoms with Crippen molar-refractivity contribution >= 4 is 39.2 Å². The first-order chi connectivity index (χ1) is 40.8. The molecule has 3 aromatic carbocycles. The molecule has 6 aromatic heterocycles. The molecule has 0 bridgehead atoms. The summed E-state index contributed by atoms with van der Waals surface area (Å²) in [7, 11) is 0. The molecule has 23 nitrogen and oxygen atoms in total. The first-order valence-corrected chi connectivity index (χ1v) is 28.4. The van der Waals surface area contributed by atoms with Crippen LogP contribution in [0.4, 0.5) is 4.79 Å². The molecule has 0 radical (unpaired) electrons. The molecule has 88 heavy (non-hydrogen) atoms. The Balaban J connectivity index is 0.000000187. The van der Waals surface area contributed by atoms with Crippen molar-refractivity contribution in [2.24, 2.45) is 11.5 Å². The summed E-state index contributed by atoms with van der Waals surface area (Å²) in [5, 5.41) is 69.3. The molecule has 0 saturated heterocycles. The van der Waals surface area contributed by atoms with Gasteiger partial charge in [-0.1, -0.05) is 54.6 Å². The van der Waals surface area contributed by atoms with E-state index in [1.165, 1.54) is 19.0 Å². The number of nitrogens with zero attached hydrogens (tertiary/aromatic N) is 9. The molecule has 6 heterocycles. The number of hydrogen-bond donors (Lipinski definition) is 9. The zero-order valence-electron chi connectivity index (χ0n) is 49.7. The number of aliphatic hydroxyl groups excluding tert-OH is 6. The first-order valence-electron chi connectivity index (χ1n) is 28.4. The average Bonchev–Trinajstić information content (AvgIpc) is 1.83. The van der Waals surface area contributed by atoms with E-state index in [1.807, 2.05) is 138 Å². The molecule has 3 aliphatic rings. The summed E-state index contributed by atoms with van der Waals surface area (Å²) in [4.78, 5) is 37.7. The van der Waals surface area contributed by atoms with Crippen LogP contribution >= 0.6 is 0 Å². The molecule has 460 valence electrons. The van der Waals surface area contributed by atoms with Crippen LogP contribution in [-0.2, 0) is 24.4 Å². The van der Waals surface area contributed by atoms with Gasteiger partial charge in [-0.05, 0) is 77.9 Å². The Kier molecular flexibility index (Phi) is 24.7. The number of nitrogens with two attached hydrogens (primary N) is 2. The second-order valence-corrected chi connectivity index (χ2v) is 22.7. The van der Waals surface area contributed by atoms with Gasteiger partial charge in [-0.2, -0.15) is 0 Å². The number of benzene rings is 3. The quantitative estimate of drug-likeness (QED) is 0.0688. The van der Waals surface area contributed by atoms with E-state index >= 15 is 0 Å². The fourth-order valence-corrected chi connectivity index (χ4v) is 11.5. The van der Waals surface area contributed by atoms with Crippen LogP contribution in [0.25, 0.3) is 33.1 Å². The van der Waals surface area contributed by atoms with Crippen LogP contribution < -0.4 is 31.0 Å². The number of carbonyl (C=O) groups is 1. The van der Waals surface area contributed by atoms with E-state index < -0.39 is 72.7 Å². The van der Waals surface area contributed by atoms with Crippen LogP contribution in [0.3, 0.4) is 0 Å². The summed E-state index contributed by atoms with van der Waals surface area (Å²) < 4.78 is 29.1. The van der Waals surface area contributed by atoms with Gasteiger partial charge in [-0.3, -0.25) is 0 Å². The second kappa shape index (κ2) is 30.9. The summed E-state index contributed by atoms with van der Waals surface area (Å²) >= 11 is 0. The Hall–Kier alpha value is -4.97. The molecule has 0 spiro atoms. The summed E-state index contributed by atoms with van der Waals surface area (Å²) in [5.41, 5.74) is 18.2. The van der Waals surface area contributed by atoms with Crippen molar-refractivity contribution in [3.63, 3.8) is 0 Å². The van der Waals surface area contributed by atoms with Gasteiger partial charge in [0, 0.05) is 184 Å². The number of rotatable bonds is 13. The van der Waals surface area contributed by atoms with E-state index in [0.29, 0.717) is 55.2 Å². The molecular formula is C62H74N12O11U3. The Morgan fingerprint density at radius 3 is 1.11 bits per heavy atom. The maximum absolute atomic E-state index is 12.0. The Morgan fingerprint density at radius 2 is 0.795 bits per heavy atom. The summed E-state index contributed by atoms with van der Waals surface area (Å²) in [6.45, 7) is 12.1. The van der Waals surface area contributed by atoms with Crippen molar-refractivity contribution in [2.75, 3.05) is 0 Å².